The highest BCUT2D eigenvalue weighted by molar-refractivity contribution is 8.03. The number of rotatable bonds is 5. The van der Waals surface area contributed by atoms with Gasteiger partial charge in [0.25, 0.3) is 5.91 Å². The first-order chi connectivity index (χ1) is 12.0. The SMILES string of the molecule is CC1(Oc2ccc(CNC(=O)c3ccc(F)nc3N)cc2)CC=CS1. The molecule has 0 saturated heterocycles. The zero-order valence-electron chi connectivity index (χ0n) is 13.7. The normalized spacial score (nSPS) is 19.0. The van der Waals surface area contributed by atoms with E-state index in [1.807, 2.05) is 36.6 Å². The molecule has 2 aromatic rings. The third-order valence-corrected chi connectivity index (χ3v) is 4.82. The molecular weight excluding hydrogens is 341 g/mol. The topological polar surface area (TPSA) is 77.2 Å². The van der Waals surface area contributed by atoms with E-state index in [9.17, 15) is 9.18 Å². The molecule has 1 aliphatic rings. The molecule has 7 heteroatoms. The van der Waals surface area contributed by atoms with Crippen molar-refractivity contribution in [3.63, 3.8) is 0 Å². The molecule has 0 aliphatic carbocycles. The third-order valence-electron chi connectivity index (χ3n) is 3.75. The molecule has 0 fully saturated rings. The summed E-state index contributed by atoms with van der Waals surface area (Å²) in [7, 11) is 0. The number of thioether (sulfide) groups is 1. The minimum absolute atomic E-state index is 0.128. The standard InChI is InChI=1S/C18H18FN3O2S/c1-18(9-2-10-25-18)24-13-5-3-12(4-6-13)11-21-17(23)14-7-8-15(19)22-16(14)20/h2-8,10H,9,11H2,1H3,(H2,20,22)(H,21,23). The van der Waals surface area contributed by atoms with Crippen LogP contribution in [0.15, 0.2) is 47.9 Å². The molecular formula is C18H18FN3O2S. The first-order valence-electron chi connectivity index (χ1n) is 7.76. The van der Waals surface area contributed by atoms with Gasteiger partial charge in [-0.2, -0.15) is 4.39 Å². The van der Waals surface area contributed by atoms with Crippen LogP contribution in [0.2, 0.25) is 0 Å². The van der Waals surface area contributed by atoms with Gasteiger partial charge < -0.3 is 15.8 Å². The first kappa shape index (κ1) is 17.3. The summed E-state index contributed by atoms with van der Waals surface area (Å²) < 4.78 is 18.9. The molecule has 2 heterocycles. The molecule has 1 unspecified atom stereocenters. The summed E-state index contributed by atoms with van der Waals surface area (Å²) in [5.41, 5.74) is 6.63. The van der Waals surface area contributed by atoms with Gasteiger partial charge in [-0.25, -0.2) is 4.98 Å². The van der Waals surface area contributed by atoms with Crippen LogP contribution in [-0.4, -0.2) is 15.8 Å². The summed E-state index contributed by atoms with van der Waals surface area (Å²) >= 11 is 1.65. The van der Waals surface area contributed by atoms with Gasteiger partial charge in [0.2, 0.25) is 5.95 Å². The molecule has 1 aliphatic heterocycles. The van der Waals surface area contributed by atoms with E-state index in [0.29, 0.717) is 6.54 Å². The van der Waals surface area contributed by atoms with Crippen LogP contribution in [0.4, 0.5) is 10.2 Å². The summed E-state index contributed by atoms with van der Waals surface area (Å²) in [4.78, 5) is 15.3. The van der Waals surface area contributed by atoms with E-state index < -0.39 is 11.9 Å². The summed E-state index contributed by atoms with van der Waals surface area (Å²) in [6.45, 7) is 2.37. The number of nitrogens with zero attached hydrogens (tertiary/aromatic N) is 1. The number of carbonyl (C=O) groups is 1. The number of hydrogen-bond acceptors (Lipinski definition) is 5. The highest BCUT2D eigenvalue weighted by Crippen LogP contribution is 2.37. The van der Waals surface area contributed by atoms with Gasteiger partial charge >= 0.3 is 0 Å². The molecule has 130 valence electrons. The van der Waals surface area contributed by atoms with Gasteiger partial charge in [-0.1, -0.05) is 30.0 Å². The Bertz CT molecular complexity index is 800. The van der Waals surface area contributed by atoms with Crippen LogP contribution in [0, 0.1) is 5.95 Å². The zero-order valence-corrected chi connectivity index (χ0v) is 14.5. The monoisotopic (exact) mass is 359 g/mol. The fourth-order valence-electron chi connectivity index (χ4n) is 2.41. The average Bonchev–Trinajstić information content (AvgIpc) is 3.00. The second-order valence-corrected chi connectivity index (χ2v) is 7.19. The second-order valence-electron chi connectivity index (χ2n) is 5.82. The maximum atomic E-state index is 12.9. The molecule has 1 aromatic carbocycles. The van der Waals surface area contributed by atoms with Crippen molar-refractivity contribution in [3.05, 3.63) is 65.0 Å². The number of pyridine rings is 1. The fraction of sp³-hybridized carbons (Fsp3) is 0.222. The average molecular weight is 359 g/mol. The van der Waals surface area contributed by atoms with Gasteiger partial charge in [0.1, 0.15) is 11.6 Å². The minimum Gasteiger partial charge on any atom is -0.476 e. The molecule has 25 heavy (non-hydrogen) atoms. The Morgan fingerprint density at radius 2 is 2.12 bits per heavy atom. The molecule has 5 nitrogen and oxygen atoms in total. The Morgan fingerprint density at radius 3 is 2.76 bits per heavy atom. The maximum absolute atomic E-state index is 12.9. The Morgan fingerprint density at radius 1 is 1.36 bits per heavy atom. The summed E-state index contributed by atoms with van der Waals surface area (Å²) in [5, 5.41) is 4.78. The maximum Gasteiger partial charge on any atom is 0.255 e. The molecule has 1 aromatic heterocycles. The Kier molecular flexibility index (Phi) is 4.94. The van der Waals surface area contributed by atoms with E-state index in [2.05, 4.69) is 16.4 Å². The predicted molar refractivity (Wildman–Crippen MR) is 96.6 cm³/mol. The number of benzene rings is 1. The number of nitrogens with one attached hydrogen (secondary N) is 1. The molecule has 0 spiro atoms. The van der Waals surface area contributed by atoms with Crippen molar-refractivity contribution >= 4 is 23.5 Å². The number of aromatic nitrogens is 1. The lowest BCUT2D eigenvalue weighted by Gasteiger charge is -2.24. The summed E-state index contributed by atoms with van der Waals surface area (Å²) in [6, 6.07) is 9.95. The quantitative estimate of drug-likeness (QED) is 0.799. The van der Waals surface area contributed by atoms with Crippen molar-refractivity contribution in [1.29, 1.82) is 0 Å². The predicted octanol–water partition coefficient (Wildman–Crippen LogP) is 3.48. The third kappa shape index (κ3) is 4.30. The van der Waals surface area contributed by atoms with Crippen LogP contribution >= 0.6 is 11.8 Å². The number of nitrogen functional groups attached to an aromatic ring is 1. The number of carbonyl (C=O) groups excluding carboxylic acids is 1. The van der Waals surface area contributed by atoms with Crippen LogP contribution in [0.3, 0.4) is 0 Å². The van der Waals surface area contributed by atoms with E-state index in [1.165, 1.54) is 6.07 Å². The van der Waals surface area contributed by atoms with Crippen molar-refractivity contribution in [2.45, 2.75) is 24.8 Å². The van der Waals surface area contributed by atoms with Gasteiger partial charge in [-0.15, -0.1) is 0 Å². The second kappa shape index (κ2) is 7.14. The minimum atomic E-state index is -0.714. The van der Waals surface area contributed by atoms with Crippen LogP contribution < -0.4 is 15.8 Å². The number of nitrogens with two attached hydrogens (primary N) is 1. The lowest BCUT2D eigenvalue weighted by Crippen LogP contribution is -2.25. The van der Waals surface area contributed by atoms with Crippen LogP contribution in [0.25, 0.3) is 0 Å². The zero-order chi connectivity index (χ0) is 17.9. The van der Waals surface area contributed by atoms with Crippen molar-refractivity contribution in [2.24, 2.45) is 0 Å². The van der Waals surface area contributed by atoms with E-state index in [1.54, 1.807) is 11.8 Å². The number of amides is 1. The molecule has 3 N–H and O–H groups in total. The van der Waals surface area contributed by atoms with Gasteiger partial charge in [0.05, 0.1) is 5.56 Å². The summed E-state index contributed by atoms with van der Waals surface area (Å²) in [5.74, 6) is -0.460. The fourth-order valence-corrected chi connectivity index (χ4v) is 3.23. The summed E-state index contributed by atoms with van der Waals surface area (Å²) in [6.07, 6.45) is 2.95. The van der Waals surface area contributed by atoms with Gasteiger partial charge in [0.15, 0.2) is 4.93 Å². The molecule has 0 saturated carbocycles. The first-order valence-corrected chi connectivity index (χ1v) is 8.64. The van der Waals surface area contributed by atoms with Crippen LogP contribution in [0.1, 0.15) is 29.3 Å². The van der Waals surface area contributed by atoms with Crippen LogP contribution in [-0.2, 0) is 6.54 Å². The molecule has 1 atom stereocenters. The Hall–Kier alpha value is -2.54. The molecule has 0 bridgehead atoms. The van der Waals surface area contributed by atoms with E-state index >= 15 is 0 Å². The van der Waals surface area contributed by atoms with E-state index in [4.69, 9.17) is 10.5 Å². The molecule has 1 amide bonds. The van der Waals surface area contributed by atoms with Gasteiger partial charge in [-0.05, 0) is 42.2 Å². The van der Waals surface area contributed by atoms with E-state index in [-0.39, 0.29) is 16.3 Å². The van der Waals surface area contributed by atoms with Crippen molar-refractivity contribution < 1.29 is 13.9 Å². The van der Waals surface area contributed by atoms with Crippen molar-refractivity contribution in [3.8, 4) is 5.75 Å². The Labute approximate surface area is 149 Å². The number of hydrogen-bond donors (Lipinski definition) is 2. The van der Waals surface area contributed by atoms with E-state index in [0.717, 1.165) is 23.8 Å². The van der Waals surface area contributed by atoms with Crippen molar-refractivity contribution in [2.75, 3.05) is 5.73 Å². The van der Waals surface area contributed by atoms with Crippen molar-refractivity contribution in [1.82, 2.24) is 10.3 Å². The van der Waals surface area contributed by atoms with Gasteiger partial charge in [0, 0.05) is 13.0 Å². The number of ether oxygens (including phenoxy) is 1. The number of halogens is 1. The smallest absolute Gasteiger partial charge is 0.255 e. The van der Waals surface area contributed by atoms with Crippen LogP contribution in [0.5, 0.6) is 5.75 Å². The number of anilines is 1. The molecule has 3 rings (SSSR count). The largest absolute Gasteiger partial charge is 0.476 e. The van der Waals surface area contributed by atoms with Gasteiger partial charge in [-0.3, -0.25) is 4.79 Å². The lowest BCUT2D eigenvalue weighted by molar-refractivity contribution is 0.0951. The molecule has 0 radical (unpaired) electrons. The lowest BCUT2D eigenvalue weighted by atomic mass is 10.2. The highest BCUT2D eigenvalue weighted by atomic mass is 32.2. The Balaban J connectivity index is 1.57. The highest BCUT2D eigenvalue weighted by Gasteiger charge is 2.28.